The number of carbonyl (C=O) groups excluding carboxylic acids is 1. The third kappa shape index (κ3) is 8.21. The van der Waals surface area contributed by atoms with Crippen molar-refractivity contribution in [2.45, 2.75) is 131 Å². The van der Waals surface area contributed by atoms with Gasteiger partial charge in [0.25, 0.3) is 0 Å². The van der Waals surface area contributed by atoms with Crippen LogP contribution in [0.5, 0.6) is 0 Å². The van der Waals surface area contributed by atoms with Gasteiger partial charge in [-0.05, 0) is 101 Å². The first-order chi connectivity index (χ1) is 25.5. The van der Waals surface area contributed by atoms with Crippen molar-refractivity contribution in [3.8, 4) is 11.3 Å². The summed E-state index contributed by atoms with van der Waals surface area (Å²) in [5, 5.41) is 16.9. The maximum atomic E-state index is 11.7. The second kappa shape index (κ2) is 16.4. The van der Waals surface area contributed by atoms with Gasteiger partial charge in [0, 0.05) is 60.7 Å². The summed E-state index contributed by atoms with van der Waals surface area (Å²) < 4.78 is 6.53. The van der Waals surface area contributed by atoms with E-state index in [9.17, 15) is 9.90 Å². The van der Waals surface area contributed by atoms with Crippen molar-refractivity contribution in [3.05, 3.63) is 101 Å². The van der Waals surface area contributed by atoms with E-state index >= 15 is 0 Å². The van der Waals surface area contributed by atoms with Crippen molar-refractivity contribution >= 4 is 49.3 Å². The molecule has 2 heterocycles. The fourth-order valence-electron chi connectivity index (χ4n) is 8.56. The fourth-order valence-corrected chi connectivity index (χ4v) is 8.56. The molecular formula is C50H60IrNO3-. The third-order valence-corrected chi connectivity index (χ3v) is 12.3. The molecular weight excluding hydrogens is 855 g/mol. The number of benzene rings is 4. The smallest absolute Gasteiger partial charge is 0.162 e. The van der Waals surface area contributed by atoms with Crippen molar-refractivity contribution in [3.63, 3.8) is 0 Å². The molecule has 4 nitrogen and oxygen atoms in total. The van der Waals surface area contributed by atoms with Crippen LogP contribution >= 0.6 is 0 Å². The number of carbonyl (C=O) groups is 1. The summed E-state index contributed by atoms with van der Waals surface area (Å²) in [5.41, 5.74) is 8.42. The number of nitrogens with zero attached hydrogens (tertiary/aromatic N) is 1. The zero-order chi connectivity index (χ0) is 39.2. The van der Waals surface area contributed by atoms with Crippen molar-refractivity contribution in [2.75, 3.05) is 0 Å². The number of pyridine rings is 1. The summed E-state index contributed by atoms with van der Waals surface area (Å²) in [6.45, 7) is 24.4. The molecule has 0 fully saturated rings. The van der Waals surface area contributed by atoms with Crippen molar-refractivity contribution < 1.29 is 34.4 Å². The van der Waals surface area contributed by atoms with Crippen LogP contribution in [0.15, 0.2) is 83.1 Å². The number of aromatic nitrogens is 1. The number of rotatable bonds is 8. The quantitative estimate of drug-likeness (QED) is 0.0939. The Balaban J connectivity index is 0.000000311. The molecule has 7 rings (SSSR count). The minimum absolute atomic E-state index is 0. The molecule has 2 aromatic heterocycles. The fraction of sp³-hybridized carbons (Fsp3) is 0.440. The number of aliphatic hydroxyl groups excluding tert-OH is 1. The summed E-state index contributed by atoms with van der Waals surface area (Å²) in [6, 6.07) is 25.8. The topological polar surface area (TPSA) is 63.3 Å². The Morgan fingerprint density at radius 1 is 0.800 bits per heavy atom. The molecule has 0 amide bonds. The molecule has 4 aromatic carbocycles. The third-order valence-electron chi connectivity index (χ3n) is 12.3. The first-order valence-electron chi connectivity index (χ1n) is 20.2. The van der Waals surface area contributed by atoms with Gasteiger partial charge in [0.05, 0.1) is 5.76 Å². The normalized spacial score (nSPS) is 15.3. The van der Waals surface area contributed by atoms with Gasteiger partial charge >= 0.3 is 0 Å². The van der Waals surface area contributed by atoms with Crippen LogP contribution in [-0.4, -0.2) is 15.9 Å². The van der Waals surface area contributed by atoms with E-state index in [0.29, 0.717) is 0 Å². The van der Waals surface area contributed by atoms with Crippen molar-refractivity contribution in [2.24, 2.45) is 11.8 Å². The van der Waals surface area contributed by atoms with Gasteiger partial charge in [-0.25, -0.2) is 0 Å². The predicted octanol–water partition coefficient (Wildman–Crippen LogP) is 14.3. The van der Waals surface area contributed by atoms with E-state index < -0.39 is 0 Å². The average Bonchev–Trinajstić information content (AvgIpc) is 3.51. The number of aliphatic hydroxyl groups is 1. The predicted molar refractivity (Wildman–Crippen MR) is 229 cm³/mol. The summed E-state index contributed by atoms with van der Waals surface area (Å²) in [7, 11) is 0. The van der Waals surface area contributed by atoms with Crippen LogP contribution in [0.3, 0.4) is 0 Å². The molecule has 0 unspecified atom stereocenters. The molecule has 0 saturated heterocycles. The van der Waals surface area contributed by atoms with Gasteiger partial charge in [-0.15, -0.1) is 29.1 Å². The van der Waals surface area contributed by atoms with Gasteiger partial charge in [0.1, 0.15) is 11.2 Å². The van der Waals surface area contributed by atoms with Gasteiger partial charge < -0.3 is 9.52 Å². The van der Waals surface area contributed by atoms with Crippen LogP contribution in [-0.2, 0) is 41.1 Å². The molecule has 1 aliphatic rings. The summed E-state index contributed by atoms with van der Waals surface area (Å²) in [4.78, 5) is 16.6. The Bertz CT molecular complexity index is 2360. The molecule has 0 spiro atoms. The van der Waals surface area contributed by atoms with E-state index in [0.717, 1.165) is 58.9 Å². The molecule has 0 aliphatic heterocycles. The Hall–Kier alpha value is -3.79. The van der Waals surface area contributed by atoms with Crippen LogP contribution in [0.25, 0.3) is 54.7 Å². The van der Waals surface area contributed by atoms with Crippen LogP contribution < -0.4 is 0 Å². The van der Waals surface area contributed by atoms with E-state index in [1.807, 2.05) is 33.9 Å². The summed E-state index contributed by atoms with van der Waals surface area (Å²) in [6.07, 6.45) is 9.23. The van der Waals surface area contributed by atoms with E-state index in [-0.39, 0.29) is 59.7 Å². The van der Waals surface area contributed by atoms with Crippen LogP contribution in [0.4, 0.5) is 0 Å². The maximum Gasteiger partial charge on any atom is 0.162 e. The number of furan rings is 1. The van der Waals surface area contributed by atoms with Crippen LogP contribution in [0.2, 0.25) is 0 Å². The number of ketones is 1. The Kier molecular flexibility index (Phi) is 12.6. The molecule has 55 heavy (non-hydrogen) atoms. The molecule has 6 aromatic rings. The molecule has 0 saturated carbocycles. The minimum Gasteiger partial charge on any atom is -0.512 e. The molecule has 1 radical (unpaired) electrons. The SMILES string of the molecule is CC(C)(C)c1cc(-c2nccc3c2ccc2oc4cc5c(cc4c23)C(C)(C)CCC5(C)C)[c-]c2ccccc12.CCC(CC)C(=O)/C=C(\O)C(CC)CC.[Ir]. The van der Waals surface area contributed by atoms with E-state index in [4.69, 9.17) is 9.40 Å². The second-order valence-corrected chi connectivity index (χ2v) is 17.8. The standard InChI is InChI=1S/C37H36NO.C13H24O2.Ir/c1-35(2,3)28-19-23(18-22-10-8-9-11-24(22)28)34-26-12-13-31-33(25(26)14-17-38-34)27-20-29-30(21-32(27)39-31)37(6,7)16-15-36(29,4)5;1-5-10(6-2)12(14)9-13(15)11(7-3)8-4;/h8-14,17,19-21H,15-16H2,1-7H3;9-11,14H,5-8H2,1-4H3;/q-1;;/b;12-9-;. The Labute approximate surface area is 342 Å². The summed E-state index contributed by atoms with van der Waals surface area (Å²) >= 11 is 0. The molecule has 5 heteroatoms. The van der Waals surface area contributed by atoms with Gasteiger partial charge in [-0.1, -0.05) is 111 Å². The van der Waals surface area contributed by atoms with Gasteiger partial charge in [0.15, 0.2) is 5.78 Å². The first-order valence-corrected chi connectivity index (χ1v) is 20.2. The molecule has 0 bridgehead atoms. The number of allylic oxidation sites excluding steroid dienone is 2. The van der Waals surface area contributed by atoms with Crippen molar-refractivity contribution in [1.82, 2.24) is 4.98 Å². The van der Waals surface area contributed by atoms with Gasteiger partial charge in [0.2, 0.25) is 0 Å². The van der Waals surface area contributed by atoms with E-state index in [2.05, 4.69) is 115 Å². The van der Waals surface area contributed by atoms with Crippen LogP contribution in [0, 0.1) is 17.9 Å². The molecule has 1 N–H and O–H groups in total. The zero-order valence-corrected chi connectivity index (χ0v) is 37.3. The Morgan fingerprint density at radius 3 is 2.04 bits per heavy atom. The number of hydrogen-bond acceptors (Lipinski definition) is 4. The number of hydrogen-bond donors (Lipinski definition) is 1. The zero-order valence-electron chi connectivity index (χ0n) is 34.9. The minimum atomic E-state index is 0. The largest absolute Gasteiger partial charge is 0.512 e. The monoisotopic (exact) mass is 915 g/mol. The van der Waals surface area contributed by atoms with E-state index in [1.165, 1.54) is 57.2 Å². The van der Waals surface area contributed by atoms with Crippen molar-refractivity contribution in [1.29, 1.82) is 0 Å². The molecule has 0 atom stereocenters. The molecule has 293 valence electrons. The Morgan fingerprint density at radius 2 is 1.42 bits per heavy atom. The maximum absolute atomic E-state index is 11.7. The second-order valence-electron chi connectivity index (χ2n) is 17.8. The van der Waals surface area contributed by atoms with Gasteiger partial charge in [-0.3, -0.25) is 9.78 Å². The van der Waals surface area contributed by atoms with Gasteiger partial charge in [-0.2, -0.15) is 0 Å². The molecule has 1 aliphatic carbocycles. The first kappa shape index (κ1) is 42.4. The average molecular weight is 915 g/mol. The number of fused-ring (bicyclic) bond motifs is 7. The summed E-state index contributed by atoms with van der Waals surface area (Å²) in [5.74, 6) is 0.547. The van der Waals surface area contributed by atoms with E-state index in [1.54, 1.807) is 0 Å². The van der Waals surface area contributed by atoms with Crippen LogP contribution in [0.1, 0.15) is 131 Å².